The van der Waals surface area contributed by atoms with Crippen molar-refractivity contribution in [3.05, 3.63) is 59.5 Å². The molecule has 2 fully saturated rings. The smallest absolute Gasteiger partial charge is 0.155 e. The van der Waals surface area contributed by atoms with Crippen molar-refractivity contribution in [2.45, 2.75) is 25.3 Å². The van der Waals surface area contributed by atoms with Crippen LogP contribution in [0.25, 0.3) is 22.0 Å². The van der Waals surface area contributed by atoms with E-state index < -0.39 is 0 Å². The lowest BCUT2D eigenvalue weighted by Gasteiger charge is -2.20. The number of fused-ring (bicyclic) bond motifs is 1. The first-order valence-corrected chi connectivity index (χ1v) is 14.9. The van der Waals surface area contributed by atoms with Crippen LogP contribution in [0.5, 0.6) is 11.5 Å². The Labute approximate surface area is 259 Å². The van der Waals surface area contributed by atoms with Gasteiger partial charge in [-0.05, 0) is 37.0 Å². The van der Waals surface area contributed by atoms with Crippen LogP contribution in [-0.2, 0) is 4.79 Å². The molecule has 12 heteroatoms. The molecule has 4 aromatic rings. The lowest BCUT2D eigenvalue weighted by molar-refractivity contribution is -0.115. The average Bonchev–Trinajstić information content (AvgIpc) is 3.51. The molecule has 1 aliphatic carbocycles. The molecule has 1 saturated carbocycles. The second kappa shape index (κ2) is 12.3. The van der Waals surface area contributed by atoms with Crippen molar-refractivity contribution in [2.24, 2.45) is 11.8 Å². The molecule has 1 saturated heterocycles. The number of nitrogens with zero attached hydrogens (tertiary/aromatic N) is 4. The number of anilines is 3. The molecule has 10 nitrogen and oxygen atoms in total. The highest BCUT2D eigenvalue weighted by Crippen LogP contribution is 2.46. The van der Waals surface area contributed by atoms with Crippen molar-refractivity contribution in [1.82, 2.24) is 20.2 Å². The summed E-state index contributed by atoms with van der Waals surface area (Å²) in [5.74, 6) is 3.00. The first-order chi connectivity index (χ1) is 20.9. The van der Waals surface area contributed by atoms with Gasteiger partial charge in [0.05, 0.1) is 41.8 Å². The van der Waals surface area contributed by atoms with Gasteiger partial charge in [-0.15, -0.1) is 0 Å². The van der Waals surface area contributed by atoms with E-state index in [1.807, 2.05) is 24.5 Å². The number of allylic oxidation sites excluding steroid dienone is 1. The molecule has 0 amide bonds. The number of methoxy groups -OCH3 is 2. The molecular formula is C31H33Cl2N7O3. The van der Waals surface area contributed by atoms with E-state index >= 15 is 0 Å². The van der Waals surface area contributed by atoms with Crippen LogP contribution in [0.1, 0.15) is 19.3 Å². The number of carbonyl (C=O) groups excluding carboxylic acids is 1. The predicted molar refractivity (Wildman–Crippen MR) is 171 cm³/mol. The van der Waals surface area contributed by atoms with Crippen molar-refractivity contribution < 1.29 is 14.3 Å². The summed E-state index contributed by atoms with van der Waals surface area (Å²) in [5, 5.41) is 16.6. The molecule has 0 spiro atoms. The van der Waals surface area contributed by atoms with Crippen LogP contribution < -0.4 is 25.0 Å². The van der Waals surface area contributed by atoms with Crippen LogP contribution in [0, 0.1) is 11.8 Å². The first kappa shape index (κ1) is 29.1. The Morgan fingerprint density at radius 1 is 1.14 bits per heavy atom. The largest absolute Gasteiger partial charge is 0.495 e. The fourth-order valence-corrected chi connectivity index (χ4v) is 6.26. The highest BCUT2D eigenvalue weighted by molar-refractivity contribution is 6.41. The van der Waals surface area contributed by atoms with Gasteiger partial charge in [-0.2, -0.15) is 5.10 Å². The van der Waals surface area contributed by atoms with E-state index in [0.717, 1.165) is 29.5 Å². The van der Waals surface area contributed by atoms with Crippen LogP contribution in [0.4, 0.5) is 17.3 Å². The normalized spacial score (nSPS) is 18.1. The Bertz CT molecular complexity index is 1630. The van der Waals surface area contributed by atoms with Crippen molar-refractivity contribution in [2.75, 3.05) is 49.4 Å². The highest BCUT2D eigenvalue weighted by Gasteiger charge is 2.34. The molecule has 2 aliphatic rings. The summed E-state index contributed by atoms with van der Waals surface area (Å²) in [6, 6.07) is 5.57. The summed E-state index contributed by atoms with van der Waals surface area (Å²) in [6.45, 7) is 5.89. The minimum absolute atomic E-state index is 0.0132. The average molecular weight is 623 g/mol. The van der Waals surface area contributed by atoms with Crippen LogP contribution in [-0.4, -0.2) is 65.8 Å². The molecule has 0 radical (unpaired) electrons. The van der Waals surface area contributed by atoms with E-state index in [1.165, 1.54) is 18.9 Å². The third-order valence-electron chi connectivity index (χ3n) is 8.11. The summed E-state index contributed by atoms with van der Waals surface area (Å²) in [5.41, 5.74) is 2.09. The lowest BCUT2D eigenvalue weighted by atomic mass is 9.97. The quantitative estimate of drug-likeness (QED) is 0.158. The molecule has 6 rings (SSSR count). The van der Waals surface area contributed by atoms with Gasteiger partial charge < -0.3 is 25.0 Å². The van der Waals surface area contributed by atoms with Crippen LogP contribution in [0.2, 0.25) is 10.0 Å². The maximum Gasteiger partial charge on any atom is 0.155 e. The summed E-state index contributed by atoms with van der Waals surface area (Å²) in [7, 11) is 3.09. The Balaban J connectivity index is 1.37. The van der Waals surface area contributed by atoms with Gasteiger partial charge in [0.2, 0.25) is 0 Å². The van der Waals surface area contributed by atoms with E-state index in [2.05, 4.69) is 32.3 Å². The number of hydrogen-bond donors (Lipinski definition) is 3. The zero-order chi connectivity index (χ0) is 30.1. The standard InChI is InChI=1S/C31H33Cl2N7O3/c1-4-21(41)7-19-15-40(20-13-36-37-14-20)16-24(19)38-27-9-22-18(12-34-27)8-23(39-31(22)35-11-17-5-6-17)28-29(32)25(42-2)10-26(43-3)30(28)33/h4,8-10,12-14,17,19,24H,1,5-7,11,15-16H2,2-3H3,(H,34,38)(H,35,39)(H,36,37)/t19-,24+/m0/s1. The molecule has 224 valence electrons. The molecule has 1 aliphatic heterocycles. The number of H-pyrrole nitrogens is 1. The summed E-state index contributed by atoms with van der Waals surface area (Å²) in [4.78, 5) is 24.3. The van der Waals surface area contributed by atoms with Gasteiger partial charge in [0.15, 0.2) is 5.78 Å². The zero-order valence-corrected chi connectivity index (χ0v) is 25.5. The van der Waals surface area contributed by atoms with Gasteiger partial charge in [-0.3, -0.25) is 9.89 Å². The third kappa shape index (κ3) is 6.07. The number of hydrogen-bond acceptors (Lipinski definition) is 9. The van der Waals surface area contributed by atoms with E-state index in [-0.39, 0.29) is 17.7 Å². The number of aromatic amines is 1. The van der Waals surface area contributed by atoms with E-state index in [4.69, 9.17) is 42.6 Å². The topological polar surface area (TPSA) is 117 Å². The Kier molecular flexibility index (Phi) is 8.32. The SMILES string of the molecule is C=CC(=O)C[C@H]1CN(c2cn[nH]c2)C[C@H]1Nc1cc2c(NCC3CC3)nc(-c3c(Cl)c(OC)cc(OC)c3Cl)cc2cn1. The third-order valence-corrected chi connectivity index (χ3v) is 8.86. The van der Waals surface area contributed by atoms with Gasteiger partial charge in [0, 0.05) is 72.8 Å². The number of pyridine rings is 2. The highest BCUT2D eigenvalue weighted by atomic mass is 35.5. The van der Waals surface area contributed by atoms with E-state index in [0.29, 0.717) is 63.3 Å². The van der Waals surface area contributed by atoms with Gasteiger partial charge >= 0.3 is 0 Å². The Hall–Kier alpha value is -4.02. The number of ketones is 1. The number of benzene rings is 1. The van der Waals surface area contributed by atoms with Crippen LogP contribution in [0.3, 0.4) is 0 Å². The van der Waals surface area contributed by atoms with Gasteiger partial charge in [0.25, 0.3) is 0 Å². The van der Waals surface area contributed by atoms with Crippen LogP contribution in [0.15, 0.2) is 49.4 Å². The molecule has 2 atom stereocenters. The molecular weight excluding hydrogens is 589 g/mol. The fourth-order valence-electron chi connectivity index (χ4n) is 5.56. The molecule has 3 aromatic heterocycles. The number of nitrogens with one attached hydrogen (secondary N) is 3. The first-order valence-electron chi connectivity index (χ1n) is 14.2. The number of halogens is 2. The molecule has 0 bridgehead atoms. The zero-order valence-electron chi connectivity index (χ0n) is 24.0. The molecule has 0 unspecified atom stereocenters. The minimum atomic E-state index is -0.0132. The molecule has 3 N–H and O–H groups in total. The predicted octanol–water partition coefficient (Wildman–Crippen LogP) is 6.23. The fraction of sp³-hybridized carbons (Fsp3) is 0.355. The Morgan fingerprint density at radius 2 is 1.91 bits per heavy atom. The lowest BCUT2D eigenvalue weighted by Crippen LogP contribution is -2.30. The second-order valence-electron chi connectivity index (χ2n) is 11.0. The number of rotatable bonds is 12. The van der Waals surface area contributed by atoms with Crippen molar-refractivity contribution in [3.63, 3.8) is 0 Å². The summed E-state index contributed by atoms with van der Waals surface area (Å²) < 4.78 is 11.0. The summed E-state index contributed by atoms with van der Waals surface area (Å²) >= 11 is 13.5. The number of aromatic nitrogens is 4. The van der Waals surface area contributed by atoms with Gasteiger partial charge in [0.1, 0.15) is 23.1 Å². The minimum Gasteiger partial charge on any atom is -0.495 e. The molecule has 4 heterocycles. The van der Waals surface area contributed by atoms with Crippen molar-refractivity contribution in [3.8, 4) is 22.8 Å². The van der Waals surface area contributed by atoms with Crippen molar-refractivity contribution in [1.29, 1.82) is 0 Å². The van der Waals surface area contributed by atoms with Crippen LogP contribution >= 0.6 is 23.2 Å². The second-order valence-corrected chi connectivity index (χ2v) is 11.8. The maximum atomic E-state index is 12.3. The van der Waals surface area contributed by atoms with E-state index in [9.17, 15) is 4.79 Å². The summed E-state index contributed by atoms with van der Waals surface area (Å²) in [6.07, 6.45) is 9.65. The number of ether oxygens (including phenoxy) is 2. The monoisotopic (exact) mass is 621 g/mol. The maximum absolute atomic E-state index is 12.3. The van der Waals surface area contributed by atoms with Gasteiger partial charge in [-0.1, -0.05) is 29.8 Å². The van der Waals surface area contributed by atoms with E-state index in [1.54, 1.807) is 26.5 Å². The van der Waals surface area contributed by atoms with Crippen molar-refractivity contribution >= 4 is 57.1 Å². The number of carbonyl (C=O) groups is 1. The molecule has 43 heavy (non-hydrogen) atoms. The molecule has 1 aromatic carbocycles. The van der Waals surface area contributed by atoms with Gasteiger partial charge in [-0.25, -0.2) is 9.97 Å². The Morgan fingerprint density at radius 3 is 2.56 bits per heavy atom.